The molecule has 0 spiro atoms. The van der Waals surface area contributed by atoms with Gasteiger partial charge in [-0.3, -0.25) is 14.9 Å². The van der Waals surface area contributed by atoms with Gasteiger partial charge < -0.3 is 4.57 Å². The quantitative estimate of drug-likeness (QED) is 0.236. The summed E-state index contributed by atoms with van der Waals surface area (Å²) in [5.41, 5.74) is 4.18. The van der Waals surface area contributed by atoms with Crippen LogP contribution in [0.15, 0.2) is 84.6 Å². The molecule has 6 nitrogen and oxygen atoms in total. The van der Waals surface area contributed by atoms with Gasteiger partial charge in [0.1, 0.15) is 5.57 Å². The van der Waals surface area contributed by atoms with Gasteiger partial charge in [-0.05, 0) is 59.9 Å². The first-order valence-corrected chi connectivity index (χ1v) is 12.6. The van der Waals surface area contributed by atoms with E-state index in [-0.39, 0.29) is 5.57 Å². The molecule has 1 atom stereocenters. The van der Waals surface area contributed by atoms with Crippen LogP contribution in [0, 0.1) is 0 Å². The van der Waals surface area contributed by atoms with Crippen LogP contribution in [0.3, 0.4) is 0 Å². The number of hydrogen-bond acceptors (Lipinski definition) is 3. The monoisotopic (exact) mass is 511 g/mol. The number of carbonyl (C=O) groups is 3. The first kappa shape index (κ1) is 24.5. The van der Waals surface area contributed by atoms with E-state index in [4.69, 9.17) is 11.6 Å². The largest absolute Gasteiger partial charge is 0.342 e. The fourth-order valence-electron chi connectivity index (χ4n) is 4.54. The normalized spacial score (nSPS) is 15.9. The fourth-order valence-corrected chi connectivity index (χ4v) is 4.67. The predicted octanol–water partition coefficient (Wildman–Crippen LogP) is 6.52. The molecule has 1 N–H and O–H groups in total. The number of rotatable bonds is 6. The molecule has 0 radical (unpaired) electrons. The first-order chi connectivity index (χ1) is 17.9. The number of nitrogens with one attached hydrogen (secondary N) is 1. The van der Waals surface area contributed by atoms with E-state index < -0.39 is 17.8 Å². The number of anilines is 1. The van der Waals surface area contributed by atoms with E-state index in [2.05, 4.69) is 23.7 Å². The number of aromatic nitrogens is 1. The highest BCUT2D eigenvalue weighted by molar-refractivity contribution is 6.39. The molecule has 1 aliphatic heterocycles. The minimum absolute atomic E-state index is 0.0972. The van der Waals surface area contributed by atoms with Crippen LogP contribution < -0.4 is 10.2 Å². The summed E-state index contributed by atoms with van der Waals surface area (Å²) < 4.78 is 2.06. The highest BCUT2D eigenvalue weighted by Crippen LogP contribution is 2.28. The summed E-state index contributed by atoms with van der Waals surface area (Å²) in [6, 6.07) is 22.0. The number of fused-ring (bicyclic) bond motifs is 1. The number of nitrogens with zero attached hydrogens (tertiary/aromatic N) is 2. The number of urea groups is 1. The number of para-hydroxylation sites is 1. The van der Waals surface area contributed by atoms with Crippen molar-refractivity contribution >= 4 is 52.1 Å². The van der Waals surface area contributed by atoms with Crippen LogP contribution in [0.2, 0.25) is 5.02 Å². The van der Waals surface area contributed by atoms with Crippen LogP contribution in [0.4, 0.5) is 10.5 Å². The maximum absolute atomic E-state index is 13.4. The van der Waals surface area contributed by atoms with E-state index in [1.165, 1.54) is 0 Å². The number of carbonyl (C=O) groups excluding carboxylic acids is 3. The van der Waals surface area contributed by atoms with Crippen molar-refractivity contribution in [3.8, 4) is 0 Å². The van der Waals surface area contributed by atoms with Gasteiger partial charge in [-0.1, -0.05) is 67.9 Å². The van der Waals surface area contributed by atoms with Crippen LogP contribution >= 0.6 is 11.6 Å². The van der Waals surface area contributed by atoms with E-state index in [0.717, 1.165) is 33.4 Å². The molecule has 0 aliphatic carbocycles. The molecule has 4 aromatic rings. The number of hydrogen-bond donors (Lipinski definition) is 1. The summed E-state index contributed by atoms with van der Waals surface area (Å²) in [4.78, 5) is 39.9. The Kier molecular flexibility index (Phi) is 6.68. The minimum Gasteiger partial charge on any atom is -0.342 e. The van der Waals surface area contributed by atoms with Gasteiger partial charge >= 0.3 is 6.03 Å². The molecule has 1 saturated heterocycles. The smallest absolute Gasteiger partial charge is 0.335 e. The van der Waals surface area contributed by atoms with E-state index in [0.29, 0.717) is 28.7 Å². The molecular weight excluding hydrogens is 486 g/mol. The summed E-state index contributed by atoms with van der Waals surface area (Å²) in [7, 11) is 0. The van der Waals surface area contributed by atoms with Crippen molar-refractivity contribution in [2.75, 3.05) is 4.90 Å². The molecule has 0 saturated carbocycles. The summed E-state index contributed by atoms with van der Waals surface area (Å²) in [5.74, 6) is -1.00. The number of imide groups is 2. The van der Waals surface area contributed by atoms with E-state index in [1.54, 1.807) is 18.2 Å². The number of amides is 4. The Bertz CT molecular complexity index is 1530. The molecule has 0 unspecified atom stereocenters. The van der Waals surface area contributed by atoms with Gasteiger partial charge in [-0.2, -0.15) is 0 Å². The first-order valence-electron chi connectivity index (χ1n) is 12.2. The topological polar surface area (TPSA) is 71.4 Å². The number of benzene rings is 3. The summed E-state index contributed by atoms with van der Waals surface area (Å²) >= 11 is 6.03. The number of halogens is 1. The Hall–Kier alpha value is -4.16. The lowest BCUT2D eigenvalue weighted by Gasteiger charge is -2.26. The average molecular weight is 512 g/mol. The average Bonchev–Trinajstić information content (AvgIpc) is 3.24. The van der Waals surface area contributed by atoms with Crippen molar-refractivity contribution in [2.45, 2.75) is 32.7 Å². The van der Waals surface area contributed by atoms with Crippen LogP contribution in [-0.4, -0.2) is 22.4 Å². The lowest BCUT2D eigenvalue weighted by atomic mass is 9.98. The Labute approximate surface area is 220 Å². The molecule has 4 amide bonds. The fraction of sp³-hybridized carbons (Fsp3) is 0.167. The highest BCUT2D eigenvalue weighted by atomic mass is 35.5. The lowest BCUT2D eigenvalue weighted by Crippen LogP contribution is -2.54. The van der Waals surface area contributed by atoms with Gasteiger partial charge in [-0.25, -0.2) is 9.69 Å². The van der Waals surface area contributed by atoms with Gasteiger partial charge in [0, 0.05) is 34.2 Å². The van der Waals surface area contributed by atoms with Crippen molar-refractivity contribution in [3.63, 3.8) is 0 Å². The zero-order valence-corrected chi connectivity index (χ0v) is 21.3. The molecule has 5 rings (SSSR count). The zero-order chi connectivity index (χ0) is 26.1. The molecule has 1 fully saturated rings. The second kappa shape index (κ2) is 10.1. The Morgan fingerprint density at radius 1 is 0.946 bits per heavy atom. The second-order valence-electron chi connectivity index (χ2n) is 9.21. The zero-order valence-electron chi connectivity index (χ0n) is 20.6. The lowest BCUT2D eigenvalue weighted by molar-refractivity contribution is -0.122. The van der Waals surface area contributed by atoms with E-state index >= 15 is 0 Å². The van der Waals surface area contributed by atoms with Gasteiger partial charge in [0.05, 0.1) is 5.69 Å². The Morgan fingerprint density at radius 2 is 1.65 bits per heavy atom. The van der Waals surface area contributed by atoms with Crippen LogP contribution in [0.5, 0.6) is 0 Å². The third-order valence-corrected chi connectivity index (χ3v) is 7.07. The molecule has 37 heavy (non-hydrogen) atoms. The molecule has 7 heteroatoms. The van der Waals surface area contributed by atoms with Crippen molar-refractivity contribution in [1.29, 1.82) is 0 Å². The third-order valence-electron chi connectivity index (χ3n) is 6.82. The third kappa shape index (κ3) is 4.80. The maximum atomic E-state index is 13.4. The molecule has 0 bridgehead atoms. The van der Waals surface area contributed by atoms with Gasteiger partial charge in [0.25, 0.3) is 11.8 Å². The Morgan fingerprint density at radius 3 is 2.35 bits per heavy atom. The van der Waals surface area contributed by atoms with Gasteiger partial charge in [-0.15, -0.1) is 0 Å². The molecule has 3 aromatic carbocycles. The molecule has 1 aromatic heterocycles. The summed E-state index contributed by atoms with van der Waals surface area (Å²) in [6.45, 7) is 4.82. The summed E-state index contributed by atoms with van der Waals surface area (Å²) in [5, 5.41) is 3.88. The second-order valence-corrected chi connectivity index (χ2v) is 9.65. The van der Waals surface area contributed by atoms with E-state index in [1.807, 2.05) is 66.9 Å². The van der Waals surface area contributed by atoms with Crippen molar-refractivity contribution < 1.29 is 14.4 Å². The van der Waals surface area contributed by atoms with Crippen LogP contribution in [-0.2, 0) is 16.1 Å². The molecule has 186 valence electrons. The van der Waals surface area contributed by atoms with E-state index in [9.17, 15) is 14.4 Å². The number of barbiturate groups is 1. The molecule has 2 heterocycles. The predicted molar refractivity (Wildman–Crippen MR) is 147 cm³/mol. The van der Waals surface area contributed by atoms with Gasteiger partial charge in [0.15, 0.2) is 0 Å². The standard InChI is InChI=1S/C30H26ClN3O3/c1-3-19(2)21-10-14-24(15-11-21)34-29(36)26(28(35)32-30(34)37)16-22-18-33(27-7-5-4-6-25(22)27)17-20-8-12-23(31)13-9-20/h4-16,18-19H,3,17H2,1-2H3,(H,32,35,37)/b26-16+/t19-/m1/s1. The van der Waals surface area contributed by atoms with Crippen LogP contribution in [0.1, 0.15) is 42.9 Å². The summed E-state index contributed by atoms with van der Waals surface area (Å²) in [6.07, 6.45) is 4.45. The SMILES string of the molecule is CC[C@@H](C)c1ccc(N2C(=O)NC(=O)/C(=C\c3cn(Cc4ccc(Cl)cc4)c4ccccc34)C2=O)cc1. The maximum Gasteiger partial charge on any atom is 0.335 e. The Balaban J connectivity index is 1.51. The van der Waals surface area contributed by atoms with Crippen molar-refractivity contribution in [3.05, 3.63) is 106 Å². The van der Waals surface area contributed by atoms with Crippen molar-refractivity contribution in [1.82, 2.24) is 9.88 Å². The molecule has 1 aliphatic rings. The highest BCUT2D eigenvalue weighted by Gasteiger charge is 2.37. The van der Waals surface area contributed by atoms with Gasteiger partial charge in [0.2, 0.25) is 0 Å². The van der Waals surface area contributed by atoms with Crippen LogP contribution in [0.25, 0.3) is 17.0 Å². The minimum atomic E-state index is -0.756. The van der Waals surface area contributed by atoms with Crippen molar-refractivity contribution in [2.24, 2.45) is 0 Å². The molecular formula is C30H26ClN3O3.